The summed E-state index contributed by atoms with van der Waals surface area (Å²) in [6.07, 6.45) is 0. The first-order valence-electron chi connectivity index (χ1n) is 3.11. The highest BCUT2D eigenvalue weighted by atomic mass is 28.2. The minimum Gasteiger partial charge on any atom is -0.553 e. The van der Waals surface area contributed by atoms with Crippen LogP contribution in [0.25, 0.3) is 0 Å². The molecule has 0 unspecified atom stereocenters. The highest BCUT2D eigenvalue weighted by Gasteiger charge is 1.96. The lowest BCUT2D eigenvalue weighted by atomic mass is 10.2. The Morgan fingerprint density at radius 2 is 2.10 bits per heavy atom. The zero-order chi connectivity index (χ0) is 7.40. The molecule has 1 aromatic carbocycles. The molecule has 0 aliphatic heterocycles. The number of rotatable bonds is 2. The van der Waals surface area contributed by atoms with Crippen LogP contribution in [0.3, 0.4) is 0 Å². The van der Waals surface area contributed by atoms with E-state index in [1.54, 1.807) is 0 Å². The second kappa shape index (κ2) is 3.39. The van der Waals surface area contributed by atoms with Gasteiger partial charge in [0.05, 0.1) is 6.61 Å². The molecule has 0 amide bonds. The molecule has 10 heavy (non-hydrogen) atoms. The first-order valence-corrected chi connectivity index (χ1v) is 3.93. The van der Waals surface area contributed by atoms with Crippen LogP contribution in [0.2, 0.25) is 0 Å². The van der Waals surface area contributed by atoms with Crippen molar-refractivity contribution in [3.63, 3.8) is 0 Å². The largest absolute Gasteiger partial charge is 0.553 e. The third kappa shape index (κ3) is 1.37. The van der Waals surface area contributed by atoms with Gasteiger partial charge in [0.1, 0.15) is 5.75 Å². The molecule has 1 rings (SSSR count). The van der Waals surface area contributed by atoms with Crippen molar-refractivity contribution in [2.45, 2.75) is 6.61 Å². The molecule has 0 bridgehead atoms. The van der Waals surface area contributed by atoms with E-state index in [0.29, 0.717) is 10.5 Å². The molecule has 2 nitrogen and oxygen atoms in total. The molecule has 0 saturated heterocycles. The molecule has 0 radical (unpaired) electrons. The summed E-state index contributed by atoms with van der Waals surface area (Å²) in [4.78, 5) is 0. The van der Waals surface area contributed by atoms with Crippen LogP contribution in [-0.2, 0) is 6.61 Å². The van der Waals surface area contributed by atoms with Crippen LogP contribution in [0.5, 0.6) is 5.75 Å². The van der Waals surface area contributed by atoms with Crippen LogP contribution in [0.15, 0.2) is 24.3 Å². The second-order valence-electron chi connectivity index (χ2n) is 1.97. The van der Waals surface area contributed by atoms with Gasteiger partial charge in [0, 0.05) is 5.56 Å². The van der Waals surface area contributed by atoms with E-state index in [0.717, 1.165) is 11.3 Å². The Kier molecular flexibility index (Phi) is 2.47. The van der Waals surface area contributed by atoms with Gasteiger partial charge in [-0.15, -0.1) is 0 Å². The second-order valence-corrected chi connectivity index (χ2v) is 2.38. The maximum absolute atomic E-state index is 8.78. The van der Waals surface area contributed by atoms with Crippen molar-refractivity contribution in [2.24, 2.45) is 0 Å². The molecule has 54 valence electrons. The van der Waals surface area contributed by atoms with Gasteiger partial charge in [0.25, 0.3) is 0 Å². The fourth-order valence-corrected chi connectivity index (χ4v) is 1.23. The average molecular weight is 154 g/mol. The highest BCUT2D eigenvalue weighted by Crippen LogP contribution is 2.15. The number of benzene rings is 1. The van der Waals surface area contributed by atoms with Gasteiger partial charge in [-0.05, 0) is 6.07 Å². The van der Waals surface area contributed by atoms with Crippen LogP contribution in [0.1, 0.15) is 5.56 Å². The monoisotopic (exact) mass is 154 g/mol. The van der Waals surface area contributed by atoms with E-state index in [2.05, 4.69) is 0 Å². The molecule has 1 N–H and O–H groups in total. The summed E-state index contributed by atoms with van der Waals surface area (Å²) in [6, 6.07) is 7.49. The molecule has 0 aromatic heterocycles. The Hall–Kier alpha value is -0.803. The van der Waals surface area contributed by atoms with E-state index < -0.39 is 0 Å². The Morgan fingerprint density at radius 3 is 2.60 bits per heavy atom. The van der Waals surface area contributed by atoms with Gasteiger partial charge in [-0.3, -0.25) is 0 Å². The van der Waals surface area contributed by atoms with Crippen LogP contribution in [0.4, 0.5) is 0 Å². The number of aliphatic hydroxyl groups excluding tert-OH is 1. The van der Waals surface area contributed by atoms with E-state index in [1.165, 1.54) is 0 Å². The molecular formula is C7H10O2Si. The zero-order valence-corrected chi connectivity index (χ0v) is 7.87. The van der Waals surface area contributed by atoms with Gasteiger partial charge >= 0.3 is 0 Å². The maximum Gasteiger partial charge on any atom is 0.204 e. The molecule has 0 spiro atoms. The highest BCUT2D eigenvalue weighted by molar-refractivity contribution is 6.00. The number of para-hydroxylation sites is 1. The van der Waals surface area contributed by atoms with Gasteiger partial charge in [-0.25, -0.2) is 0 Å². The van der Waals surface area contributed by atoms with Gasteiger partial charge in [0.15, 0.2) is 0 Å². The Bertz CT molecular complexity index is 190. The van der Waals surface area contributed by atoms with Crippen LogP contribution >= 0.6 is 0 Å². The summed E-state index contributed by atoms with van der Waals surface area (Å²) in [5.41, 5.74) is 0.859. The smallest absolute Gasteiger partial charge is 0.204 e. The van der Waals surface area contributed by atoms with E-state index in [-0.39, 0.29) is 6.61 Å². The quantitative estimate of drug-likeness (QED) is 0.600. The number of hydrogen-bond donors (Lipinski definition) is 1. The van der Waals surface area contributed by atoms with Crippen molar-refractivity contribution >= 4 is 10.5 Å². The fraction of sp³-hybridized carbons (Fsp3) is 0.143. The van der Waals surface area contributed by atoms with Gasteiger partial charge in [0.2, 0.25) is 10.5 Å². The normalized spacial score (nSPS) is 9.70. The Morgan fingerprint density at radius 1 is 1.40 bits per heavy atom. The molecular weight excluding hydrogens is 144 g/mol. The van der Waals surface area contributed by atoms with Crippen molar-refractivity contribution in [2.75, 3.05) is 0 Å². The average Bonchev–Trinajstić information content (AvgIpc) is 2.04. The first-order chi connectivity index (χ1) is 4.88. The lowest BCUT2D eigenvalue weighted by Crippen LogP contribution is -1.91. The van der Waals surface area contributed by atoms with E-state index in [9.17, 15) is 0 Å². The van der Waals surface area contributed by atoms with Crippen LogP contribution < -0.4 is 4.43 Å². The number of aliphatic hydroxyl groups is 1. The summed E-state index contributed by atoms with van der Waals surface area (Å²) in [6.45, 7) is 0.0540. The lowest BCUT2D eigenvalue weighted by Gasteiger charge is -2.04. The fourth-order valence-electron chi connectivity index (χ4n) is 0.834. The topological polar surface area (TPSA) is 29.5 Å². The van der Waals surface area contributed by atoms with E-state index >= 15 is 0 Å². The summed E-state index contributed by atoms with van der Waals surface area (Å²) in [5, 5.41) is 8.78. The SMILES string of the molecule is OCc1ccccc1O[SiH3]. The van der Waals surface area contributed by atoms with Crippen LogP contribution in [-0.4, -0.2) is 15.6 Å². The van der Waals surface area contributed by atoms with Gasteiger partial charge in [-0.1, -0.05) is 18.2 Å². The standard InChI is InChI=1S/C7H10O2Si/c8-5-6-3-1-2-4-7(6)9-10/h1-4,8H,5H2,10H3. The van der Waals surface area contributed by atoms with E-state index in [4.69, 9.17) is 9.53 Å². The predicted octanol–water partition coefficient (Wildman–Crippen LogP) is -0.162. The minimum absolute atomic E-state index is 0.0540. The summed E-state index contributed by atoms with van der Waals surface area (Å²) >= 11 is 0. The molecule has 0 aliphatic rings. The summed E-state index contributed by atoms with van der Waals surface area (Å²) in [7, 11) is 0.669. The Balaban J connectivity index is 2.96. The van der Waals surface area contributed by atoms with E-state index in [1.807, 2.05) is 24.3 Å². The third-order valence-corrected chi connectivity index (χ3v) is 1.80. The summed E-state index contributed by atoms with van der Waals surface area (Å²) < 4.78 is 5.12. The van der Waals surface area contributed by atoms with Crippen molar-refractivity contribution < 1.29 is 9.53 Å². The predicted molar refractivity (Wildman–Crippen MR) is 42.9 cm³/mol. The third-order valence-electron chi connectivity index (χ3n) is 1.36. The molecule has 0 saturated carbocycles. The lowest BCUT2D eigenvalue weighted by molar-refractivity contribution is 0.278. The molecule has 0 fully saturated rings. The molecule has 0 heterocycles. The summed E-state index contributed by atoms with van der Waals surface area (Å²) in [5.74, 6) is 0.802. The Labute approximate surface area is 63.0 Å². The van der Waals surface area contributed by atoms with Crippen molar-refractivity contribution in [3.05, 3.63) is 29.8 Å². The van der Waals surface area contributed by atoms with Gasteiger partial charge in [-0.2, -0.15) is 0 Å². The molecule has 0 atom stereocenters. The van der Waals surface area contributed by atoms with Crippen molar-refractivity contribution in [3.8, 4) is 5.75 Å². The molecule has 0 aliphatic carbocycles. The van der Waals surface area contributed by atoms with Crippen molar-refractivity contribution in [1.82, 2.24) is 0 Å². The molecule has 1 aromatic rings. The minimum atomic E-state index is 0.0540. The maximum atomic E-state index is 8.78. The van der Waals surface area contributed by atoms with Crippen molar-refractivity contribution in [1.29, 1.82) is 0 Å². The van der Waals surface area contributed by atoms with Gasteiger partial charge < -0.3 is 9.53 Å². The number of hydrogen-bond acceptors (Lipinski definition) is 2. The molecule has 3 heteroatoms. The first kappa shape index (κ1) is 7.31. The zero-order valence-electron chi connectivity index (χ0n) is 5.87. The van der Waals surface area contributed by atoms with Crippen LogP contribution in [0, 0.1) is 0 Å².